The molecule has 2 aromatic rings. The van der Waals surface area contributed by atoms with Gasteiger partial charge in [0.05, 0.1) is 27.3 Å². The molecule has 0 atom stereocenters. The summed E-state index contributed by atoms with van der Waals surface area (Å²) in [6.45, 7) is 2.98. The van der Waals surface area contributed by atoms with Gasteiger partial charge in [-0.3, -0.25) is 9.69 Å². The van der Waals surface area contributed by atoms with E-state index >= 15 is 0 Å². The lowest BCUT2D eigenvalue weighted by molar-refractivity contribution is 0.0958. The van der Waals surface area contributed by atoms with Gasteiger partial charge in [0.25, 0.3) is 5.91 Å². The molecule has 1 heterocycles. The number of benzene rings is 2. The van der Waals surface area contributed by atoms with Crippen molar-refractivity contribution in [1.29, 1.82) is 0 Å². The molecule has 1 amide bonds. The lowest BCUT2D eigenvalue weighted by atomic mass is 10.0. The van der Waals surface area contributed by atoms with Gasteiger partial charge < -0.3 is 14.8 Å². The summed E-state index contributed by atoms with van der Waals surface area (Å²) >= 11 is 0. The van der Waals surface area contributed by atoms with Gasteiger partial charge >= 0.3 is 0 Å². The standard InChI is InChI=1S/C22H24N2O3/c1-26-20-10-9-18(15-21(20)27-2)22(25)23-12-5-6-13-24-14-11-17-7-3-4-8-19(17)16-24/h3-4,7-10,15H,11-14,16H2,1-2H3,(H,23,25). The maximum Gasteiger partial charge on any atom is 0.252 e. The van der Waals surface area contributed by atoms with Crippen LogP contribution in [-0.4, -0.2) is 44.7 Å². The summed E-state index contributed by atoms with van der Waals surface area (Å²) in [5.41, 5.74) is 3.33. The lowest BCUT2D eigenvalue weighted by Crippen LogP contribution is -2.31. The first-order valence-electron chi connectivity index (χ1n) is 8.96. The van der Waals surface area contributed by atoms with Gasteiger partial charge in [-0.25, -0.2) is 0 Å². The largest absolute Gasteiger partial charge is 0.493 e. The number of methoxy groups -OCH3 is 2. The van der Waals surface area contributed by atoms with Crippen LogP contribution >= 0.6 is 0 Å². The predicted molar refractivity (Wildman–Crippen MR) is 105 cm³/mol. The second-order valence-electron chi connectivity index (χ2n) is 6.34. The molecular weight excluding hydrogens is 340 g/mol. The Balaban J connectivity index is 1.47. The third kappa shape index (κ3) is 4.81. The number of nitrogens with one attached hydrogen (secondary N) is 1. The van der Waals surface area contributed by atoms with E-state index in [1.165, 1.54) is 11.1 Å². The molecule has 0 saturated carbocycles. The predicted octanol–water partition coefficient (Wildman–Crippen LogP) is 2.50. The molecule has 0 radical (unpaired) electrons. The van der Waals surface area contributed by atoms with Crippen LogP contribution < -0.4 is 14.8 Å². The summed E-state index contributed by atoms with van der Waals surface area (Å²) in [6.07, 6.45) is 1.06. The molecule has 27 heavy (non-hydrogen) atoms. The van der Waals surface area contributed by atoms with E-state index in [0.29, 0.717) is 30.2 Å². The average molecular weight is 364 g/mol. The Morgan fingerprint density at radius 1 is 1.07 bits per heavy atom. The third-order valence-electron chi connectivity index (χ3n) is 4.62. The number of carbonyl (C=O) groups excluding carboxylic acids is 1. The molecule has 0 saturated heterocycles. The molecule has 0 aromatic heterocycles. The molecule has 5 heteroatoms. The Hall–Kier alpha value is -2.97. The van der Waals surface area contributed by atoms with Crippen LogP contribution in [0.3, 0.4) is 0 Å². The molecule has 0 spiro atoms. The van der Waals surface area contributed by atoms with Crippen molar-refractivity contribution >= 4 is 5.91 Å². The van der Waals surface area contributed by atoms with Crippen molar-refractivity contribution in [1.82, 2.24) is 10.2 Å². The average Bonchev–Trinajstić information content (AvgIpc) is 2.72. The van der Waals surface area contributed by atoms with Gasteiger partial charge in [-0.2, -0.15) is 0 Å². The van der Waals surface area contributed by atoms with Gasteiger partial charge in [0, 0.05) is 18.7 Å². The highest BCUT2D eigenvalue weighted by molar-refractivity contribution is 5.95. The normalized spacial score (nSPS) is 13.1. The topological polar surface area (TPSA) is 50.8 Å². The van der Waals surface area contributed by atoms with E-state index < -0.39 is 0 Å². The van der Waals surface area contributed by atoms with Crippen LogP contribution in [0.25, 0.3) is 0 Å². The smallest absolute Gasteiger partial charge is 0.252 e. The van der Waals surface area contributed by atoms with Gasteiger partial charge in [0.1, 0.15) is 0 Å². The number of rotatable bonds is 5. The summed E-state index contributed by atoms with van der Waals surface area (Å²) in [4.78, 5) is 14.6. The van der Waals surface area contributed by atoms with Gasteiger partial charge in [0.2, 0.25) is 0 Å². The second kappa shape index (κ2) is 9.11. The highest BCUT2D eigenvalue weighted by Gasteiger charge is 2.14. The summed E-state index contributed by atoms with van der Waals surface area (Å²) in [5.74, 6) is 7.12. The number of carbonyl (C=O) groups is 1. The third-order valence-corrected chi connectivity index (χ3v) is 4.62. The van der Waals surface area contributed by atoms with E-state index in [1.54, 1.807) is 32.4 Å². The first-order chi connectivity index (χ1) is 13.2. The van der Waals surface area contributed by atoms with Crippen LogP contribution in [0.15, 0.2) is 42.5 Å². The molecule has 5 nitrogen and oxygen atoms in total. The van der Waals surface area contributed by atoms with E-state index in [0.717, 1.165) is 19.5 Å². The number of fused-ring (bicyclic) bond motifs is 1. The van der Waals surface area contributed by atoms with Crippen LogP contribution in [-0.2, 0) is 13.0 Å². The molecule has 0 bridgehead atoms. The maximum absolute atomic E-state index is 12.2. The highest BCUT2D eigenvalue weighted by Crippen LogP contribution is 2.27. The number of nitrogens with zero attached hydrogens (tertiary/aromatic N) is 1. The van der Waals surface area contributed by atoms with Gasteiger partial charge in [0.15, 0.2) is 11.5 Å². The van der Waals surface area contributed by atoms with Crippen molar-refractivity contribution in [2.24, 2.45) is 0 Å². The Labute approximate surface area is 160 Å². The number of hydrogen-bond acceptors (Lipinski definition) is 4. The van der Waals surface area contributed by atoms with Crippen LogP contribution in [0.2, 0.25) is 0 Å². The second-order valence-corrected chi connectivity index (χ2v) is 6.34. The maximum atomic E-state index is 12.2. The zero-order valence-corrected chi connectivity index (χ0v) is 15.7. The fraction of sp³-hybridized carbons (Fsp3) is 0.318. The zero-order valence-electron chi connectivity index (χ0n) is 15.7. The monoisotopic (exact) mass is 364 g/mol. The molecule has 1 aliphatic rings. The van der Waals surface area contributed by atoms with Gasteiger partial charge in [-0.1, -0.05) is 36.1 Å². The van der Waals surface area contributed by atoms with Crippen LogP contribution in [0, 0.1) is 11.8 Å². The number of ether oxygens (including phenoxy) is 2. The first kappa shape index (κ1) is 18.8. The van der Waals surface area contributed by atoms with E-state index in [-0.39, 0.29) is 5.91 Å². The lowest BCUT2D eigenvalue weighted by Gasteiger charge is -2.26. The minimum atomic E-state index is -0.183. The Kier molecular flexibility index (Phi) is 6.35. The minimum absolute atomic E-state index is 0.183. The van der Waals surface area contributed by atoms with E-state index in [2.05, 4.69) is 46.3 Å². The number of hydrogen-bond donors (Lipinski definition) is 1. The SMILES string of the molecule is COc1ccc(C(=O)NCC#CCN2CCc3ccccc3C2)cc1OC. The molecule has 3 rings (SSSR count). The van der Waals surface area contributed by atoms with Crippen molar-refractivity contribution in [3.05, 3.63) is 59.2 Å². The minimum Gasteiger partial charge on any atom is -0.493 e. The van der Waals surface area contributed by atoms with Gasteiger partial charge in [-0.05, 0) is 35.7 Å². The summed E-state index contributed by atoms with van der Waals surface area (Å²) in [5, 5.41) is 2.81. The van der Waals surface area contributed by atoms with Crippen molar-refractivity contribution in [3.8, 4) is 23.3 Å². The van der Waals surface area contributed by atoms with Crippen LogP contribution in [0.1, 0.15) is 21.5 Å². The van der Waals surface area contributed by atoms with Crippen molar-refractivity contribution in [3.63, 3.8) is 0 Å². The molecule has 0 aliphatic carbocycles. The molecule has 2 aromatic carbocycles. The Morgan fingerprint density at radius 3 is 2.63 bits per heavy atom. The fourth-order valence-electron chi connectivity index (χ4n) is 3.12. The first-order valence-corrected chi connectivity index (χ1v) is 8.96. The number of amides is 1. The Morgan fingerprint density at radius 2 is 1.85 bits per heavy atom. The van der Waals surface area contributed by atoms with Crippen molar-refractivity contribution in [2.45, 2.75) is 13.0 Å². The van der Waals surface area contributed by atoms with Crippen LogP contribution in [0.5, 0.6) is 11.5 Å². The van der Waals surface area contributed by atoms with Crippen molar-refractivity contribution in [2.75, 3.05) is 33.9 Å². The molecule has 1 aliphatic heterocycles. The molecule has 140 valence electrons. The fourth-order valence-corrected chi connectivity index (χ4v) is 3.12. The summed E-state index contributed by atoms with van der Waals surface area (Å²) < 4.78 is 10.4. The molecule has 0 unspecified atom stereocenters. The summed E-state index contributed by atoms with van der Waals surface area (Å²) in [6, 6.07) is 13.6. The van der Waals surface area contributed by atoms with Crippen LogP contribution in [0.4, 0.5) is 0 Å². The van der Waals surface area contributed by atoms with E-state index in [1.807, 2.05) is 0 Å². The highest BCUT2D eigenvalue weighted by atomic mass is 16.5. The zero-order chi connectivity index (χ0) is 19.1. The molecule has 1 N–H and O–H groups in total. The van der Waals surface area contributed by atoms with E-state index in [4.69, 9.17) is 9.47 Å². The van der Waals surface area contributed by atoms with E-state index in [9.17, 15) is 4.79 Å². The Bertz CT molecular complexity index is 867. The quantitative estimate of drug-likeness (QED) is 0.829. The van der Waals surface area contributed by atoms with Crippen molar-refractivity contribution < 1.29 is 14.3 Å². The molecule has 0 fully saturated rings. The van der Waals surface area contributed by atoms with Gasteiger partial charge in [-0.15, -0.1) is 0 Å². The molecular formula is C22H24N2O3. The summed E-state index contributed by atoms with van der Waals surface area (Å²) in [7, 11) is 3.11.